The smallest absolute Gasteiger partial charge is 0.126 e. The molecule has 82 valence electrons. The number of ether oxygens (including phenoxy) is 1. The highest BCUT2D eigenvalue weighted by Crippen LogP contribution is 2.31. The maximum atomic E-state index is 13.1. The zero-order valence-electron chi connectivity index (χ0n) is 8.91. The van der Waals surface area contributed by atoms with Gasteiger partial charge in [0.15, 0.2) is 0 Å². The predicted molar refractivity (Wildman–Crippen MR) is 62.8 cm³/mol. The van der Waals surface area contributed by atoms with Crippen LogP contribution >= 0.6 is 0 Å². The van der Waals surface area contributed by atoms with Crippen LogP contribution in [0.3, 0.4) is 0 Å². The van der Waals surface area contributed by atoms with Gasteiger partial charge in [0, 0.05) is 11.3 Å². The van der Waals surface area contributed by atoms with Gasteiger partial charge in [-0.25, -0.2) is 4.39 Å². The third kappa shape index (κ3) is 1.98. The van der Waals surface area contributed by atoms with Gasteiger partial charge in [-0.15, -0.1) is 0 Å². The van der Waals surface area contributed by atoms with Crippen molar-refractivity contribution in [3.05, 3.63) is 48.3 Å². The molecule has 0 amide bonds. The van der Waals surface area contributed by atoms with Gasteiger partial charge in [-0.3, -0.25) is 0 Å². The molecule has 0 saturated carbocycles. The highest BCUT2D eigenvalue weighted by atomic mass is 19.1. The molecule has 0 saturated heterocycles. The molecule has 0 radical (unpaired) electrons. The first-order valence-electron chi connectivity index (χ1n) is 4.90. The summed E-state index contributed by atoms with van der Waals surface area (Å²) in [5, 5.41) is 0. The minimum Gasteiger partial charge on any atom is -0.496 e. The molecule has 2 N–H and O–H groups in total. The maximum Gasteiger partial charge on any atom is 0.126 e. The average molecular weight is 217 g/mol. The van der Waals surface area contributed by atoms with Crippen molar-refractivity contribution in [2.45, 2.75) is 0 Å². The van der Waals surface area contributed by atoms with Gasteiger partial charge in [0.05, 0.1) is 7.11 Å². The number of hydrogen-bond acceptors (Lipinski definition) is 2. The number of nitrogens with two attached hydrogens (primary N) is 1. The highest BCUT2D eigenvalue weighted by molar-refractivity contribution is 5.73. The monoisotopic (exact) mass is 217 g/mol. The third-order valence-corrected chi connectivity index (χ3v) is 2.36. The first-order valence-corrected chi connectivity index (χ1v) is 4.90. The van der Waals surface area contributed by atoms with Gasteiger partial charge >= 0.3 is 0 Å². The lowest BCUT2D eigenvalue weighted by molar-refractivity contribution is 0.416. The summed E-state index contributed by atoms with van der Waals surface area (Å²) in [4.78, 5) is 0. The first kappa shape index (κ1) is 10.5. The van der Waals surface area contributed by atoms with Crippen molar-refractivity contribution in [1.82, 2.24) is 0 Å². The maximum absolute atomic E-state index is 13.1. The largest absolute Gasteiger partial charge is 0.496 e. The van der Waals surface area contributed by atoms with Crippen LogP contribution in [0.4, 0.5) is 10.1 Å². The van der Waals surface area contributed by atoms with E-state index in [2.05, 4.69) is 0 Å². The first-order chi connectivity index (χ1) is 7.70. The molecule has 0 heterocycles. The van der Waals surface area contributed by atoms with Crippen LogP contribution < -0.4 is 10.5 Å². The minimum absolute atomic E-state index is 0.276. The van der Waals surface area contributed by atoms with E-state index < -0.39 is 0 Å². The van der Waals surface area contributed by atoms with Crippen LogP contribution in [0, 0.1) is 5.82 Å². The summed E-state index contributed by atoms with van der Waals surface area (Å²) in [5.41, 5.74) is 7.88. The van der Waals surface area contributed by atoms with Gasteiger partial charge < -0.3 is 10.5 Å². The Balaban J connectivity index is 2.58. The molecule has 0 bridgehead atoms. The molecule has 0 atom stereocenters. The van der Waals surface area contributed by atoms with Crippen LogP contribution in [-0.2, 0) is 0 Å². The number of anilines is 1. The van der Waals surface area contributed by atoms with E-state index in [4.69, 9.17) is 10.5 Å². The fraction of sp³-hybridized carbons (Fsp3) is 0.0769. The van der Waals surface area contributed by atoms with Crippen LogP contribution in [0.2, 0.25) is 0 Å². The number of benzene rings is 2. The van der Waals surface area contributed by atoms with E-state index in [1.54, 1.807) is 31.4 Å². The summed E-state index contributed by atoms with van der Waals surface area (Å²) in [6.45, 7) is 0. The Labute approximate surface area is 93.5 Å². The van der Waals surface area contributed by atoms with Gasteiger partial charge in [-0.05, 0) is 35.9 Å². The van der Waals surface area contributed by atoms with Crippen LogP contribution in [0.15, 0.2) is 42.5 Å². The average Bonchev–Trinajstić information content (AvgIpc) is 2.29. The van der Waals surface area contributed by atoms with E-state index in [1.807, 2.05) is 6.07 Å². The SMILES string of the molecule is COc1ccc(N)cc1-c1cccc(F)c1. The standard InChI is InChI=1S/C13H12FNO/c1-16-13-6-5-11(15)8-12(13)9-3-2-4-10(14)7-9/h2-8H,15H2,1H3. The minimum atomic E-state index is -0.276. The van der Waals surface area contributed by atoms with Gasteiger partial charge in [0.25, 0.3) is 0 Å². The van der Waals surface area contributed by atoms with Crippen molar-refractivity contribution >= 4 is 5.69 Å². The second kappa shape index (κ2) is 4.23. The number of halogens is 1. The molecule has 3 heteroatoms. The van der Waals surface area contributed by atoms with Crippen molar-refractivity contribution in [3.8, 4) is 16.9 Å². The molecular weight excluding hydrogens is 205 g/mol. The lowest BCUT2D eigenvalue weighted by atomic mass is 10.0. The van der Waals surface area contributed by atoms with Crippen LogP contribution in [0.5, 0.6) is 5.75 Å². The Hall–Kier alpha value is -2.03. The normalized spacial score (nSPS) is 10.1. The Morgan fingerprint density at radius 1 is 1.12 bits per heavy atom. The number of nitrogen functional groups attached to an aromatic ring is 1. The summed E-state index contributed by atoms with van der Waals surface area (Å²) in [6.07, 6.45) is 0. The number of hydrogen-bond donors (Lipinski definition) is 1. The van der Waals surface area contributed by atoms with E-state index in [0.717, 1.165) is 11.1 Å². The van der Waals surface area contributed by atoms with Gasteiger partial charge in [0.1, 0.15) is 11.6 Å². The molecule has 0 aromatic heterocycles. The second-order valence-electron chi connectivity index (χ2n) is 3.47. The molecule has 16 heavy (non-hydrogen) atoms. The quantitative estimate of drug-likeness (QED) is 0.784. The van der Waals surface area contributed by atoms with Crippen molar-refractivity contribution in [2.75, 3.05) is 12.8 Å². The Morgan fingerprint density at radius 2 is 1.94 bits per heavy atom. The van der Waals surface area contributed by atoms with Crippen LogP contribution in [0.1, 0.15) is 0 Å². The lowest BCUT2D eigenvalue weighted by Gasteiger charge is -2.09. The third-order valence-electron chi connectivity index (χ3n) is 2.36. The van der Waals surface area contributed by atoms with E-state index >= 15 is 0 Å². The lowest BCUT2D eigenvalue weighted by Crippen LogP contribution is -1.91. The van der Waals surface area contributed by atoms with Crippen molar-refractivity contribution in [3.63, 3.8) is 0 Å². The Bertz CT molecular complexity index is 511. The molecule has 0 fully saturated rings. The molecule has 0 unspecified atom stereocenters. The van der Waals surface area contributed by atoms with Crippen LogP contribution in [-0.4, -0.2) is 7.11 Å². The highest BCUT2D eigenvalue weighted by Gasteiger charge is 2.06. The molecule has 0 aliphatic heterocycles. The summed E-state index contributed by atoms with van der Waals surface area (Å²) in [6, 6.07) is 11.6. The molecular formula is C13H12FNO. The van der Waals surface area contributed by atoms with E-state index in [0.29, 0.717) is 11.4 Å². The molecule has 0 spiro atoms. The topological polar surface area (TPSA) is 35.2 Å². The van der Waals surface area contributed by atoms with Crippen molar-refractivity contribution < 1.29 is 9.13 Å². The van der Waals surface area contributed by atoms with Gasteiger partial charge in [-0.2, -0.15) is 0 Å². The van der Waals surface area contributed by atoms with E-state index in [9.17, 15) is 4.39 Å². The Morgan fingerprint density at radius 3 is 2.62 bits per heavy atom. The molecule has 2 nitrogen and oxygen atoms in total. The van der Waals surface area contributed by atoms with Crippen molar-refractivity contribution in [2.24, 2.45) is 0 Å². The fourth-order valence-corrected chi connectivity index (χ4v) is 1.61. The molecule has 0 aliphatic rings. The van der Waals surface area contributed by atoms with Crippen LogP contribution in [0.25, 0.3) is 11.1 Å². The van der Waals surface area contributed by atoms with Gasteiger partial charge in [0.2, 0.25) is 0 Å². The Kier molecular flexibility index (Phi) is 2.77. The molecule has 2 rings (SSSR count). The molecule has 0 aliphatic carbocycles. The molecule has 2 aromatic carbocycles. The summed E-state index contributed by atoms with van der Waals surface area (Å²) < 4.78 is 18.3. The number of methoxy groups -OCH3 is 1. The fourth-order valence-electron chi connectivity index (χ4n) is 1.61. The zero-order chi connectivity index (χ0) is 11.5. The summed E-state index contributed by atoms with van der Waals surface area (Å²) >= 11 is 0. The van der Waals surface area contributed by atoms with E-state index in [1.165, 1.54) is 12.1 Å². The molecule has 2 aromatic rings. The summed E-state index contributed by atoms with van der Waals surface area (Å²) in [7, 11) is 1.58. The predicted octanol–water partition coefficient (Wildman–Crippen LogP) is 3.08. The zero-order valence-corrected chi connectivity index (χ0v) is 8.91. The second-order valence-corrected chi connectivity index (χ2v) is 3.47. The van der Waals surface area contributed by atoms with Gasteiger partial charge in [-0.1, -0.05) is 12.1 Å². The van der Waals surface area contributed by atoms with Crippen molar-refractivity contribution in [1.29, 1.82) is 0 Å². The summed E-state index contributed by atoms with van der Waals surface area (Å²) in [5.74, 6) is 0.404. The van der Waals surface area contributed by atoms with E-state index in [-0.39, 0.29) is 5.82 Å². The number of rotatable bonds is 2.